The van der Waals surface area contributed by atoms with E-state index in [-0.39, 0.29) is 0 Å². The van der Waals surface area contributed by atoms with Gasteiger partial charge < -0.3 is 10.2 Å². The molecular formula is C15H23N3. The van der Waals surface area contributed by atoms with Gasteiger partial charge in [-0.1, -0.05) is 6.07 Å². The zero-order valence-corrected chi connectivity index (χ0v) is 11.2. The highest BCUT2D eigenvalue weighted by Gasteiger charge is 2.28. The summed E-state index contributed by atoms with van der Waals surface area (Å²) < 4.78 is 0. The topological polar surface area (TPSA) is 28.2 Å². The summed E-state index contributed by atoms with van der Waals surface area (Å²) in [6, 6.07) is 5.11. The van der Waals surface area contributed by atoms with Crippen LogP contribution in [0.5, 0.6) is 0 Å². The van der Waals surface area contributed by atoms with Crippen molar-refractivity contribution in [1.82, 2.24) is 10.3 Å². The van der Waals surface area contributed by atoms with E-state index in [0.717, 1.165) is 17.8 Å². The number of pyridine rings is 1. The molecule has 0 spiro atoms. The summed E-state index contributed by atoms with van der Waals surface area (Å²) in [5, 5.41) is 3.65. The molecule has 0 aliphatic carbocycles. The molecule has 1 N–H and O–H groups in total. The van der Waals surface area contributed by atoms with Crippen molar-refractivity contribution in [3.8, 4) is 0 Å². The van der Waals surface area contributed by atoms with Gasteiger partial charge in [-0.15, -0.1) is 0 Å². The second-order valence-electron chi connectivity index (χ2n) is 5.72. The van der Waals surface area contributed by atoms with Gasteiger partial charge in [0.05, 0.1) is 0 Å². The zero-order chi connectivity index (χ0) is 12.4. The first-order valence-electron chi connectivity index (χ1n) is 7.24. The maximum atomic E-state index is 4.53. The molecule has 0 radical (unpaired) electrons. The predicted octanol–water partition coefficient (Wildman–Crippen LogP) is 2.36. The van der Waals surface area contributed by atoms with Crippen LogP contribution in [-0.4, -0.2) is 30.7 Å². The van der Waals surface area contributed by atoms with E-state index in [9.17, 15) is 0 Å². The van der Waals surface area contributed by atoms with Crippen LogP contribution in [0.1, 0.15) is 31.2 Å². The van der Waals surface area contributed by atoms with Crippen LogP contribution in [0, 0.1) is 12.8 Å². The molecule has 3 nitrogen and oxygen atoms in total. The number of hydrogen-bond donors (Lipinski definition) is 1. The highest BCUT2D eigenvalue weighted by atomic mass is 15.2. The van der Waals surface area contributed by atoms with Crippen LogP contribution < -0.4 is 10.2 Å². The Morgan fingerprint density at radius 3 is 2.67 bits per heavy atom. The first-order chi connectivity index (χ1) is 8.83. The lowest BCUT2D eigenvalue weighted by atomic mass is 9.88. The summed E-state index contributed by atoms with van der Waals surface area (Å²) in [7, 11) is 0. The van der Waals surface area contributed by atoms with Crippen LogP contribution in [0.4, 0.5) is 5.82 Å². The molecule has 2 aliphatic rings. The van der Waals surface area contributed by atoms with Crippen molar-refractivity contribution in [3.05, 3.63) is 23.9 Å². The average Bonchev–Trinajstić information content (AvgIpc) is 2.94. The predicted molar refractivity (Wildman–Crippen MR) is 74.9 cm³/mol. The number of rotatable bonds is 2. The summed E-state index contributed by atoms with van der Waals surface area (Å²) in [5.41, 5.74) is 1.24. The number of piperidine rings is 1. The smallest absolute Gasteiger partial charge is 0.128 e. The Morgan fingerprint density at radius 1 is 1.22 bits per heavy atom. The normalized spacial score (nSPS) is 25.6. The zero-order valence-electron chi connectivity index (χ0n) is 11.2. The van der Waals surface area contributed by atoms with Crippen LogP contribution in [0.25, 0.3) is 0 Å². The Labute approximate surface area is 110 Å². The Balaban J connectivity index is 1.57. The fourth-order valence-corrected chi connectivity index (χ4v) is 3.29. The number of nitrogens with one attached hydrogen (secondary N) is 1. The van der Waals surface area contributed by atoms with E-state index < -0.39 is 0 Å². The Bertz CT molecular complexity index is 373. The number of aryl methyl sites for hydroxylation is 1. The Morgan fingerprint density at radius 2 is 2.06 bits per heavy atom. The molecule has 0 bridgehead atoms. The highest BCUT2D eigenvalue weighted by Crippen LogP contribution is 2.27. The molecule has 0 aromatic carbocycles. The maximum absolute atomic E-state index is 4.53. The molecule has 0 saturated carbocycles. The molecule has 3 heteroatoms. The highest BCUT2D eigenvalue weighted by molar-refractivity contribution is 5.39. The van der Waals surface area contributed by atoms with Gasteiger partial charge in [-0.3, -0.25) is 0 Å². The molecule has 1 aromatic rings. The van der Waals surface area contributed by atoms with Crippen molar-refractivity contribution in [3.63, 3.8) is 0 Å². The van der Waals surface area contributed by atoms with E-state index in [0.29, 0.717) is 0 Å². The van der Waals surface area contributed by atoms with Gasteiger partial charge in [0.25, 0.3) is 0 Å². The minimum atomic E-state index is 0.790. The molecule has 1 atom stereocenters. The average molecular weight is 245 g/mol. The Kier molecular flexibility index (Phi) is 3.50. The summed E-state index contributed by atoms with van der Waals surface area (Å²) in [6.45, 7) is 5.65. The van der Waals surface area contributed by atoms with Crippen molar-refractivity contribution in [1.29, 1.82) is 0 Å². The number of hydrogen-bond acceptors (Lipinski definition) is 3. The molecule has 2 fully saturated rings. The van der Waals surface area contributed by atoms with Crippen molar-refractivity contribution in [2.75, 3.05) is 24.5 Å². The molecule has 0 amide bonds. The molecule has 3 rings (SSSR count). The van der Waals surface area contributed by atoms with Crippen molar-refractivity contribution < 1.29 is 0 Å². The molecule has 1 unspecified atom stereocenters. The van der Waals surface area contributed by atoms with Crippen LogP contribution in [0.15, 0.2) is 18.3 Å². The van der Waals surface area contributed by atoms with E-state index >= 15 is 0 Å². The second kappa shape index (κ2) is 5.27. The van der Waals surface area contributed by atoms with E-state index in [1.54, 1.807) is 0 Å². The van der Waals surface area contributed by atoms with E-state index in [2.05, 4.69) is 34.3 Å². The SMILES string of the molecule is Cc1ccc(N2CCC(C3CCCN3)CC2)nc1. The van der Waals surface area contributed by atoms with Gasteiger partial charge >= 0.3 is 0 Å². The van der Waals surface area contributed by atoms with E-state index in [1.165, 1.54) is 50.9 Å². The minimum Gasteiger partial charge on any atom is -0.357 e. The standard InChI is InChI=1S/C15H23N3/c1-12-4-5-15(17-11-12)18-9-6-13(7-10-18)14-3-2-8-16-14/h4-5,11,13-14,16H,2-3,6-10H2,1H3. The summed E-state index contributed by atoms with van der Waals surface area (Å²) in [6.07, 6.45) is 7.35. The fraction of sp³-hybridized carbons (Fsp3) is 0.667. The number of nitrogens with zero attached hydrogens (tertiary/aromatic N) is 2. The van der Waals surface area contributed by atoms with Crippen molar-refractivity contribution >= 4 is 5.82 Å². The monoisotopic (exact) mass is 245 g/mol. The summed E-state index contributed by atoms with van der Waals surface area (Å²) in [4.78, 5) is 6.97. The first-order valence-corrected chi connectivity index (χ1v) is 7.24. The molecule has 1 aromatic heterocycles. The summed E-state index contributed by atoms with van der Waals surface area (Å²) >= 11 is 0. The third-order valence-corrected chi connectivity index (χ3v) is 4.43. The lowest BCUT2D eigenvalue weighted by molar-refractivity contribution is 0.318. The van der Waals surface area contributed by atoms with Gasteiger partial charge in [0.1, 0.15) is 5.82 Å². The van der Waals surface area contributed by atoms with Crippen LogP contribution >= 0.6 is 0 Å². The largest absolute Gasteiger partial charge is 0.357 e. The van der Waals surface area contributed by atoms with Gasteiger partial charge in [-0.05, 0) is 56.7 Å². The van der Waals surface area contributed by atoms with Gasteiger partial charge in [0, 0.05) is 25.3 Å². The molecular weight excluding hydrogens is 222 g/mol. The quantitative estimate of drug-likeness (QED) is 0.867. The molecule has 3 heterocycles. The lowest BCUT2D eigenvalue weighted by Crippen LogP contribution is -2.41. The van der Waals surface area contributed by atoms with Crippen LogP contribution in [-0.2, 0) is 0 Å². The number of anilines is 1. The van der Waals surface area contributed by atoms with Crippen molar-refractivity contribution in [2.24, 2.45) is 5.92 Å². The van der Waals surface area contributed by atoms with E-state index in [4.69, 9.17) is 0 Å². The van der Waals surface area contributed by atoms with Gasteiger partial charge in [0.15, 0.2) is 0 Å². The van der Waals surface area contributed by atoms with Crippen LogP contribution in [0.3, 0.4) is 0 Å². The van der Waals surface area contributed by atoms with Crippen LogP contribution in [0.2, 0.25) is 0 Å². The molecule has 2 saturated heterocycles. The number of aromatic nitrogens is 1. The maximum Gasteiger partial charge on any atom is 0.128 e. The lowest BCUT2D eigenvalue weighted by Gasteiger charge is -2.35. The fourth-order valence-electron chi connectivity index (χ4n) is 3.29. The van der Waals surface area contributed by atoms with E-state index in [1.807, 2.05) is 6.20 Å². The Hall–Kier alpha value is -1.09. The first kappa shape index (κ1) is 12.0. The molecule has 2 aliphatic heterocycles. The second-order valence-corrected chi connectivity index (χ2v) is 5.72. The molecule has 18 heavy (non-hydrogen) atoms. The van der Waals surface area contributed by atoms with Gasteiger partial charge in [-0.25, -0.2) is 4.98 Å². The van der Waals surface area contributed by atoms with Gasteiger partial charge in [-0.2, -0.15) is 0 Å². The third-order valence-electron chi connectivity index (χ3n) is 4.43. The molecule has 98 valence electrons. The third kappa shape index (κ3) is 2.51. The summed E-state index contributed by atoms with van der Waals surface area (Å²) in [5.74, 6) is 2.03. The minimum absolute atomic E-state index is 0.790. The van der Waals surface area contributed by atoms with Gasteiger partial charge in [0.2, 0.25) is 0 Å². The van der Waals surface area contributed by atoms with Crippen molar-refractivity contribution in [2.45, 2.75) is 38.6 Å².